The zero-order valence-electron chi connectivity index (χ0n) is 14.6. The van der Waals surface area contributed by atoms with E-state index in [0.717, 1.165) is 5.56 Å². The number of ketones is 1. The number of carbonyl (C=O) groups is 2. The lowest BCUT2D eigenvalue weighted by molar-refractivity contribution is -0.154. The molecule has 6 heteroatoms. The maximum atomic E-state index is 12.3. The third-order valence-electron chi connectivity index (χ3n) is 4.97. The number of fused-ring (bicyclic) bond motifs is 1. The standard InChI is InChI=1S/C20H22O6/c1-3-8-24-19(23)16-11-20(18(10-17(16)22)25-12-26-20)13(2)9-14-4-6-15(21)7-5-14/h3-7,10,13,16,21H,1,8-9,11-12H2,2H3/t13-,16+,20+/m0/s1. The number of carbonyl (C=O) groups excluding carboxylic acids is 2. The Morgan fingerprint density at radius 1 is 1.46 bits per heavy atom. The predicted molar refractivity (Wildman–Crippen MR) is 93.1 cm³/mol. The number of esters is 1. The molecule has 138 valence electrons. The van der Waals surface area contributed by atoms with Gasteiger partial charge in [-0.25, -0.2) is 0 Å². The molecule has 0 spiro atoms. The van der Waals surface area contributed by atoms with Gasteiger partial charge in [0.15, 0.2) is 12.6 Å². The molecule has 26 heavy (non-hydrogen) atoms. The molecular formula is C20H22O6. The Kier molecular flexibility index (Phi) is 5.13. The minimum absolute atomic E-state index is 0.0491. The van der Waals surface area contributed by atoms with Gasteiger partial charge in [-0.2, -0.15) is 0 Å². The zero-order chi connectivity index (χ0) is 18.7. The van der Waals surface area contributed by atoms with E-state index in [1.54, 1.807) is 12.1 Å². The number of allylic oxidation sites excluding steroid dienone is 1. The molecule has 0 radical (unpaired) electrons. The first kappa shape index (κ1) is 18.2. The fraction of sp³-hybridized carbons (Fsp3) is 0.400. The van der Waals surface area contributed by atoms with Gasteiger partial charge in [-0.15, -0.1) is 0 Å². The van der Waals surface area contributed by atoms with E-state index in [1.165, 1.54) is 12.2 Å². The van der Waals surface area contributed by atoms with E-state index in [0.29, 0.717) is 12.2 Å². The van der Waals surface area contributed by atoms with Crippen LogP contribution in [0, 0.1) is 11.8 Å². The number of ether oxygens (including phenoxy) is 3. The van der Waals surface area contributed by atoms with Crippen molar-refractivity contribution in [3.63, 3.8) is 0 Å². The number of hydrogen-bond donors (Lipinski definition) is 1. The van der Waals surface area contributed by atoms with Crippen molar-refractivity contribution < 1.29 is 28.9 Å². The molecule has 0 aromatic heterocycles. The summed E-state index contributed by atoms with van der Waals surface area (Å²) in [4.78, 5) is 24.6. The van der Waals surface area contributed by atoms with E-state index in [1.807, 2.05) is 19.1 Å². The van der Waals surface area contributed by atoms with E-state index < -0.39 is 17.5 Å². The predicted octanol–water partition coefficient (Wildman–Crippen LogP) is 2.52. The molecule has 6 nitrogen and oxygen atoms in total. The Morgan fingerprint density at radius 3 is 2.88 bits per heavy atom. The summed E-state index contributed by atoms with van der Waals surface area (Å²) in [5.74, 6) is -1.19. The molecular weight excluding hydrogens is 336 g/mol. The molecule has 1 N–H and O–H groups in total. The van der Waals surface area contributed by atoms with Crippen LogP contribution in [0.2, 0.25) is 0 Å². The molecule has 0 unspecified atom stereocenters. The monoisotopic (exact) mass is 358 g/mol. The number of hydrogen-bond acceptors (Lipinski definition) is 6. The summed E-state index contributed by atoms with van der Waals surface area (Å²) in [6, 6.07) is 6.93. The average molecular weight is 358 g/mol. The first-order chi connectivity index (χ1) is 12.5. The van der Waals surface area contributed by atoms with E-state index in [-0.39, 0.29) is 37.3 Å². The summed E-state index contributed by atoms with van der Waals surface area (Å²) in [6.45, 7) is 5.62. The second kappa shape index (κ2) is 7.33. The number of phenolic OH excluding ortho intramolecular Hbond substituents is 1. The van der Waals surface area contributed by atoms with Crippen LogP contribution in [0.1, 0.15) is 18.9 Å². The van der Waals surface area contributed by atoms with Crippen LogP contribution in [-0.2, 0) is 30.2 Å². The maximum Gasteiger partial charge on any atom is 0.317 e. The summed E-state index contributed by atoms with van der Waals surface area (Å²) in [5.41, 5.74) is 0.172. The molecule has 0 bridgehead atoms. The number of benzene rings is 1. The fourth-order valence-electron chi connectivity index (χ4n) is 3.53. The quantitative estimate of drug-likeness (QED) is 0.478. The molecule has 1 saturated heterocycles. The minimum Gasteiger partial charge on any atom is -0.508 e. The van der Waals surface area contributed by atoms with Gasteiger partial charge in [0, 0.05) is 12.5 Å². The molecule has 1 aromatic carbocycles. The van der Waals surface area contributed by atoms with E-state index >= 15 is 0 Å². The Hall–Kier alpha value is -2.60. The number of aromatic hydroxyl groups is 1. The maximum absolute atomic E-state index is 12.3. The van der Waals surface area contributed by atoms with Crippen molar-refractivity contribution in [1.82, 2.24) is 0 Å². The molecule has 1 fully saturated rings. The van der Waals surface area contributed by atoms with Gasteiger partial charge in [0.2, 0.25) is 0 Å². The zero-order valence-corrected chi connectivity index (χ0v) is 14.6. The van der Waals surface area contributed by atoms with E-state index in [4.69, 9.17) is 14.2 Å². The highest BCUT2D eigenvalue weighted by Crippen LogP contribution is 2.45. The lowest BCUT2D eigenvalue weighted by atomic mass is 9.72. The van der Waals surface area contributed by atoms with Crippen LogP contribution in [-0.4, -0.2) is 35.9 Å². The third-order valence-corrected chi connectivity index (χ3v) is 4.97. The second-order valence-corrected chi connectivity index (χ2v) is 6.65. The summed E-state index contributed by atoms with van der Waals surface area (Å²) in [7, 11) is 0. The van der Waals surface area contributed by atoms with Gasteiger partial charge >= 0.3 is 5.97 Å². The molecule has 0 saturated carbocycles. The Bertz CT molecular complexity index is 735. The summed E-state index contributed by atoms with van der Waals surface area (Å²) < 4.78 is 16.5. The summed E-state index contributed by atoms with van der Waals surface area (Å²) in [5, 5.41) is 9.43. The highest BCUT2D eigenvalue weighted by molar-refractivity contribution is 6.06. The molecule has 0 amide bonds. The topological polar surface area (TPSA) is 82.1 Å². The van der Waals surface area contributed by atoms with Crippen molar-refractivity contribution in [2.45, 2.75) is 25.4 Å². The summed E-state index contributed by atoms with van der Waals surface area (Å²) >= 11 is 0. The van der Waals surface area contributed by atoms with Crippen LogP contribution in [0.3, 0.4) is 0 Å². The Balaban J connectivity index is 1.83. The van der Waals surface area contributed by atoms with Crippen molar-refractivity contribution in [3.05, 3.63) is 54.3 Å². The van der Waals surface area contributed by atoms with Crippen molar-refractivity contribution in [2.75, 3.05) is 13.4 Å². The first-order valence-electron chi connectivity index (χ1n) is 8.54. The Labute approximate surface area is 152 Å². The van der Waals surface area contributed by atoms with Crippen LogP contribution in [0.5, 0.6) is 5.75 Å². The van der Waals surface area contributed by atoms with Crippen molar-refractivity contribution in [3.8, 4) is 5.75 Å². The van der Waals surface area contributed by atoms with Crippen LogP contribution in [0.15, 0.2) is 48.8 Å². The fourth-order valence-corrected chi connectivity index (χ4v) is 3.53. The largest absolute Gasteiger partial charge is 0.508 e. The van der Waals surface area contributed by atoms with Crippen LogP contribution >= 0.6 is 0 Å². The summed E-state index contributed by atoms with van der Waals surface area (Å²) in [6.07, 6.45) is 3.66. The molecule has 1 aliphatic heterocycles. The van der Waals surface area contributed by atoms with E-state index in [9.17, 15) is 14.7 Å². The molecule has 1 aromatic rings. The molecule has 2 aliphatic rings. The van der Waals surface area contributed by atoms with Gasteiger partial charge in [0.05, 0.1) is 0 Å². The number of phenols is 1. The van der Waals surface area contributed by atoms with Gasteiger partial charge in [-0.3, -0.25) is 9.59 Å². The molecule has 1 heterocycles. The van der Waals surface area contributed by atoms with Crippen LogP contribution in [0.25, 0.3) is 0 Å². The van der Waals surface area contributed by atoms with Gasteiger partial charge in [-0.05, 0) is 30.0 Å². The van der Waals surface area contributed by atoms with Crippen molar-refractivity contribution in [1.29, 1.82) is 0 Å². The van der Waals surface area contributed by atoms with Gasteiger partial charge in [0.1, 0.15) is 29.6 Å². The van der Waals surface area contributed by atoms with Gasteiger partial charge in [0.25, 0.3) is 0 Å². The normalized spacial score (nSPS) is 25.7. The minimum atomic E-state index is -0.914. The molecule has 3 atom stereocenters. The third kappa shape index (κ3) is 3.37. The van der Waals surface area contributed by atoms with E-state index in [2.05, 4.69) is 6.58 Å². The SMILES string of the molecule is C=CCOC(=O)[C@@H]1C[C@]2([C@@H](C)Cc3ccc(O)cc3)OCOC2=CC1=O. The molecule has 3 rings (SSSR count). The van der Waals surface area contributed by atoms with Gasteiger partial charge in [-0.1, -0.05) is 31.7 Å². The second-order valence-electron chi connectivity index (χ2n) is 6.65. The highest BCUT2D eigenvalue weighted by Gasteiger charge is 2.53. The number of rotatable bonds is 6. The lowest BCUT2D eigenvalue weighted by Gasteiger charge is -2.37. The smallest absolute Gasteiger partial charge is 0.317 e. The first-order valence-corrected chi connectivity index (χ1v) is 8.54. The lowest BCUT2D eigenvalue weighted by Crippen LogP contribution is -2.47. The molecule has 1 aliphatic carbocycles. The van der Waals surface area contributed by atoms with Crippen LogP contribution in [0.4, 0.5) is 0 Å². The van der Waals surface area contributed by atoms with Crippen molar-refractivity contribution in [2.24, 2.45) is 11.8 Å². The average Bonchev–Trinajstić information content (AvgIpc) is 3.04. The highest BCUT2D eigenvalue weighted by atomic mass is 16.7. The van der Waals surface area contributed by atoms with Crippen molar-refractivity contribution >= 4 is 11.8 Å². The Morgan fingerprint density at radius 2 is 2.19 bits per heavy atom. The van der Waals surface area contributed by atoms with Gasteiger partial charge < -0.3 is 19.3 Å². The van der Waals surface area contributed by atoms with Crippen LogP contribution < -0.4 is 0 Å².